The summed E-state index contributed by atoms with van der Waals surface area (Å²) in [6, 6.07) is 0. The van der Waals surface area contributed by atoms with Gasteiger partial charge >= 0.3 is 0 Å². The van der Waals surface area contributed by atoms with Crippen molar-refractivity contribution < 1.29 is 8.42 Å². The van der Waals surface area contributed by atoms with E-state index in [0.717, 1.165) is 16.5 Å². The lowest BCUT2D eigenvalue weighted by Crippen LogP contribution is -2.09. The molecule has 2 aromatic heterocycles. The number of thiazole rings is 1. The molecule has 0 saturated heterocycles. The summed E-state index contributed by atoms with van der Waals surface area (Å²) in [5.74, 6) is 0.0603. The van der Waals surface area contributed by atoms with Crippen LogP contribution in [0.15, 0.2) is 16.5 Å². The van der Waals surface area contributed by atoms with Crippen molar-refractivity contribution in [3.63, 3.8) is 0 Å². The minimum atomic E-state index is -3.36. The van der Waals surface area contributed by atoms with Crippen molar-refractivity contribution in [2.45, 2.75) is 18.4 Å². The summed E-state index contributed by atoms with van der Waals surface area (Å²) in [5.41, 5.74) is 5.62. The molecule has 0 radical (unpaired) electrons. The van der Waals surface area contributed by atoms with Gasteiger partial charge in [0.05, 0.1) is 12.3 Å². The Labute approximate surface area is 113 Å². The fourth-order valence-electron chi connectivity index (χ4n) is 1.35. The third-order valence-electron chi connectivity index (χ3n) is 2.25. The molecule has 18 heavy (non-hydrogen) atoms. The van der Waals surface area contributed by atoms with Gasteiger partial charge in [0.15, 0.2) is 15.7 Å². The first-order valence-corrected chi connectivity index (χ1v) is 8.45. The van der Waals surface area contributed by atoms with Gasteiger partial charge in [-0.25, -0.2) is 13.4 Å². The first-order valence-electron chi connectivity index (χ1n) is 5.14. The van der Waals surface area contributed by atoms with Gasteiger partial charge in [-0.05, 0) is 11.5 Å². The zero-order valence-electron chi connectivity index (χ0n) is 9.58. The van der Waals surface area contributed by atoms with Crippen LogP contribution in [0.1, 0.15) is 11.9 Å². The molecule has 0 aliphatic heterocycles. The standard InChI is InChI=1S/C9H12N4O2S3/c1-2-18(14,15)7-8(10)13-17-9(7)12-5-6-11-3-4-16-6/h3-4,12H,2,5H2,1H3,(H2,10,13). The zero-order valence-corrected chi connectivity index (χ0v) is 12.0. The van der Waals surface area contributed by atoms with Crippen molar-refractivity contribution in [1.82, 2.24) is 9.36 Å². The molecule has 2 heterocycles. The lowest BCUT2D eigenvalue weighted by atomic mass is 10.5. The van der Waals surface area contributed by atoms with Crippen molar-refractivity contribution in [3.05, 3.63) is 16.6 Å². The fourth-order valence-corrected chi connectivity index (χ4v) is 4.07. The lowest BCUT2D eigenvalue weighted by Gasteiger charge is -2.05. The molecule has 0 unspecified atom stereocenters. The minimum absolute atomic E-state index is 0.00153. The molecule has 0 spiro atoms. The highest BCUT2D eigenvalue weighted by atomic mass is 32.2. The Morgan fingerprint density at radius 3 is 2.89 bits per heavy atom. The van der Waals surface area contributed by atoms with Gasteiger partial charge in [0, 0.05) is 11.6 Å². The Hall–Kier alpha value is -1.19. The van der Waals surface area contributed by atoms with E-state index in [2.05, 4.69) is 14.7 Å². The molecule has 2 rings (SSSR count). The third kappa shape index (κ3) is 2.62. The number of rotatable bonds is 5. The van der Waals surface area contributed by atoms with E-state index in [-0.39, 0.29) is 16.5 Å². The highest BCUT2D eigenvalue weighted by molar-refractivity contribution is 7.91. The minimum Gasteiger partial charge on any atom is -0.382 e. The van der Waals surface area contributed by atoms with Gasteiger partial charge in [0.1, 0.15) is 14.9 Å². The molecule has 98 valence electrons. The molecule has 3 N–H and O–H groups in total. The van der Waals surface area contributed by atoms with Crippen molar-refractivity contribution in [1.29, 1.82) is 0 Å². The van der Waals surface area contributed by atoms with E-state index >= 15 is 0 Å². The van der Waals surface area contributed by atoms with Crippen LogP contribution in [0, 0.1) is 0 Å². The largest absolute Gasteiger partial charge is 0.382 e. The summed E-state index contributed by atoms with van der Waals surface area (Å²) >= 11 is 2.55. The average molecular weight is 304 g/mol. The van der Waals surface area contributed by atoms with E-state index in [1.807, 2.05) is 5.38 Å². The predicted molar refractivity (Wildman–Crippen MR) is 73.7 cm³/mol. The molecule has 2 aromatic rings. The first kappa shape index (κ1) is 13.2. The number of nitrogens with two attached hydrogens (primary N) is 1. The van der Waals surface area contributed by atoms with Crippen LogP contribution in [0.4, 0.5) is 10.8 Å². The molecular weight excluding hydrogens is 292 g/mol. The Morgan fingerprint density at radius 1 is 1.50 bits per heavy atom. The van der Waals surface area contributed by atoms with Gasteiger partial charge in [-0.15, -0.1) is 11.3 Å². The molecule has 0 aromatic carbocycles. The molecular formula is C9H12N4O2S3. The van der Waals surface area contributed by atoms with Gasteiger partial charge in [-0.3, -0.25) is 0 Å². The molecule has 6 nitrogen and oxygen atoms in total. The second-order valence-corrected chi connectivity index (χ2v) is 7.38. The van der Waals surface area contributed by atoms with Gasteiger partial charge < -0.3 is 11.1 Å². The Kier molecular flexibility index (Phi) is 3.83. The van der Waals surface area contributed by atoms with E-state index in [1.165, 1.54) is 11.3 Å². The lowest BCUT2D eigenvalue weighted by molar-refractivity contribution is 0.598. The van der Waals surface area contributed by atoms with Crippen LogP contribution in [0.5, 0.6) is 0 Å². The van der Waals surface area contributed by atoms with Crippen LogP contribution < -0.4 is 11.1 Å². The summed E-state index contributed by atoms with van der Waals surface area (Å²) in [6.45, 7) is 2.04. The number of sulfone groups is 1. The maximum Gasteiger partial charge on any atom is 0.184 e. The number of nitrogens with zero attached hydrogens (tertiary/aromatic N) is 2. The smallest absolute Gasteiger partial charge is 0.184 e. The van der Waals surface area contributed by atoms with E-state index in [9.17, 15) is 8.42 Å². The molecule has 0 bridgehead atoms. The summed E-state index contributed by atoms with van der Waals surface area (Å²) in [7, 11) is -3.36. The van der Waals surface area contributed by atoms with Crippen LogP contribution >= 0.6 is 22.9 Å². The number of hydrogen-bond donors (Lipinski definition) is 2. The van der Waals surface area contributed by atoms with Crippen LogP contribution in [-0.2, 0) is 16.4 Å². The summed E-state index contributed by atoms with van der Waals surface area (Å²) in [5, 5.41) is 6.24. The predicted octanol–water partition coefficient (Wildman–Crippen LogP) is 1.59. The van der Waals surface area contributed by atoms with Gasteiger partial charge in [-0.1, -0.05) is 6.92 Å². The molecule has 0 aliphatic rings. The van der Waals surface area contributed by atoms with Crippen LogP contribution in [0.3, 0.4) is 0 Å². The second kappa shape index (κ2) is 5.21. The molecule has 0 amide bonds. The number of hydrogen-bond acceptors (Lipinski definition) is 8. The Morgan fingerprint density at radius 2 is 2.28 bits per heavy atom. The molecule has 0 fully saturated rings. The maximum atomic E-state index is 11.9. The van der Waals surface area contributed by atoms with Gasteiger partial charge in [-0.2, -0.15) is 4.37 Å². The molecule has 0 aliphatic carbocycles. The number of nitrogen functional groups attached to an aromatic ring is 1. The fraction of sp³-hybridized carbons (Fsp3) is 0.333. The van der Waals surface area contributed by atoms with Gasteiger partial charge in [0.25, 0.3) is 0 Å². The quantitative estimate of drug-likeness (QED) is 0.870. The summed E-state index contributed by atoms with van der Waals surface area (Å²) in [4.78, 5) is 4.21. The first-order chi connectivity index (χ1) is 8.54. The summed E-state index contributed by atoms with van der Waals surface area (Å²) in [6.07, 6.45) is 1.70. The second-order valence-electron chi connectivity index (χ2n) is 3.41. The highest BCUT2D eigenvalue weighted by Crippen LogP contribution is 2.32. The van der Waals surface area contributed by atoms with Gasteiger partial charge in [0.2, 0.25) is 0 Å². The average Bonchev–Trinajstić information content (AvgIpc) is 2.95. The van der Waals surface area contributed by atoms with Crippen molar-refractivity contribution in [3.8, 4) is 0 Å². The molecule has 0 atom stereocenters. The highest BCUT2D eigenvalue weighted by Gasteiger charge is 2.23. The normalized spacial score (nSPS) is 11.6. The Bertz CT molecular complexity index is 618. The van der Waals surface area contributed by atoms with Crippen molar-refractivity contribution in [2.24, 2.45) is 0 Å². The number of anilines is 2. The number of nitrogens with one attached hydrogen (secondary N) is 1. The topological polar surface area (TPSA) is 98.0 Å². The van der Waals surface area contributed by atoms with Crippen LogP contribution in [-0.4, -0.2) is 23.5 Å². The van der Waals surface area contributed by atoms with E-state index in [1.54, 1.807) is 13.1 Å². The third-order valence-corrected chi connectivity index (χ3v) is 5.77. The summed E-state index contributed by atoms with van der Waals surface area (Å²) < 4.78 is 27.7. The molecule has 0 saturated carbocycles. The van der Waals surface area contributed by atoms with E-state index < -0.39 is 9.84 Å². The zero-order chi connectivity index (χ0) is 13.2. The SMILES string of the molecule is CCS(=O)(=O)c1c(N)nsc1NCc1nccs1. The van der Waals surface area contributed by atoms with Crippen molar-refractivity contribution in [2.75, 3.05) is 16.8 Å². The monoisotopic (exact) mass is 304 g/mol. The van der Waals surface area contributed by atoms with E-state index in [4.69, 9.17) is 5.73 Å². The van der Waals surface area contributed by atoms with E-state index in [0.29, 0.717) is 11.5 Å². The Balaban J connectivity index is 2.24. The van der Waals surface area contributed by atoms with Crippen molar-refractivity contribution >= 4 is 43.5 Å². The maximum absolute atomic E-state index is 11.9. The van der Waals surface area contributed by atoms with Crippen LogP contribution in [0.25, 0.3) is 0 Å². The molecule has 9 heteroatoms. The van der Waals surface area contributed by atoms with Crippen LogP contribution in [0.2, 0.25) is 0 Å². The number of aromatic nitrogens is 2.